The fraction of sp³-hybridized carbons (Fsp3) is 0.0476. The number of benzene rings is 3. The van der Waals surface area contributed by atoms with Gasteiger partial charge in [0.2, 0.25) is 0 Å². The number of aromatic nitrogens is 2. The van der Waals surface area contributed by atoms with E-state index in [4.69, 9.17) is 11.6 Å². The molecule has 1 N–H and O–H groups in total. The van der Waals surface area contributed by atoms with E-state index in [-0.39, 0.29) is 0 Å². The summed E-state index contributed by atoms with van der Waals surface area (Å²) in [5, 5.41) is 15.2. The number of anilines is 2. The summed E-state index contributed by atoms with van der Waals surface area (Å²) in [5.41, 5.74) is 3.11. The second kappa shape index (κ2) is 6.91. The molecule has 0 aliphatic heterocycles. The Balaban J connectivity index is 1.72. The van der Waals surface area contributed by atoms with Crippen LogP contribution < -0.4 is 5.32 Å². The minimum absolute atomic E-state index is 0.719. The normalized spacial score (nSPS) is 10.8. The van der Waals surface area contributed by atoms with Crippen LogP contribution in [-0.2, 0) is 6.42 Å². The van der Waals surface area contributed by atoms with Crippen molar-refractivity contribution in [1.29, 1.82) is 0 Å². The van der Waals surface area contributed by atoms with Crippen LogP contribution in [-0.4, -0.2) is 10.2 Å². The minimum atomic E-state index is 0.719. The molecule has 25 heavy (non-hydrogen) atoms. The standard InChI is InChI=1S/C21H16ClN3/c22-16-12-10-15(11-13-16)14-20-18-8-4-5-9-19(18)21(25-24-20)23-17-6-2-1-3-7-17/h1-13H,14H2,(H,23,25). The average molecular weight is 346 g/mol. The lowest BCUT2D eigenvalue weighted by molar-refractivity contribution is 0.962. The van der Waals surface area contributed by atoms with Crippen molar-refractivity contribution >= 4 is 33.9 Å². The van der Waals surface area contributed by atoms with Crippen molar-refractivity contribution in [2.75, 3.05) is 5.32 Å². The SMILES string of the molecule is Clc1ccc(Cc2nnc(Nc3ccccc3)c3ccccc23)cc1. The smallest absolute Gasteiger partial charge is 0.160 e. The molecule has 122 valence electrons. The lowest BCUT2D eigenvalue weighted by Crippen LogP contribution is -2.02. The van der Waals surface area contributed by atoms with E-state index in [1.807, 2.05) is 66.7 Å². The molecule has 1 aromatic heterocycles. The average Bonchev–Trinajstić information content (AvgIpc) is 2.66. The van der Waals surface area contributed by atoms with E-state index in [2.05, 4.69) is 27.6 Å². The molecule has 0 aliphatic carbocycles. The number of rotatable bonds is 4. The predicted octanol–water partition coefficient (Wildman–Crippen LogP) is 5.62. The van der Waals surface area contributed by atoms with Crippen molar-refractivity contribution < 1.29 is 0 Å². The number of hydrogen-bond acceptors (Lipinski definition) is 3. The molecule has 3 aromatic carbocycles. The van der Waals surface area contributed by atoms with Crippen LogP contribution in [0.3, 0.4) is 0 Å². The van der Waals surface area contributed by atoms with Crippen molar-refractivity contribution in [3.8, 4) is 0 Å². The monoisotopic (exact) mass is 345 g/mol. The van der Waals surface area contributed by atoms with E-state index < -0.39 is 0 Å². The Morgan fingerprint density at radius 3 is 2.16 bits per heavy atom. The Bertz CT molecular complexity index is 998. The summed E-state index contributed by atoms with van der Waals surface area (Å²) >= 11 is 5.97. The second-order valence-corrected chi connectivity index (χ2v) is 6.27. The van der Waals surface area contributed by atoms with Crippen LogP contribution in [0, 0.1) is 0 Å². The summed E-state index contributed by atoms with van der Waals surface area (Å²) in [6.07, 6.45) is 0.719. The molecule has 0 aliphatic rings. The maximum Gasteiger partial charge on any atom is 0.160 e. The van der Waals surface area contributed by atoms with Crippen molar-refractivity contribution in [3.63, 3.8) is 0 Å². The third kappa shape index (κ3) is 3.47. The summed E-state index contributed by atoms with van der Waals surface area (Å²) in [7, 11) is 0. The maximum absolute atomic E-state index is 5.97. The number of nitrogens with zero attached hydrogens (tertiary/aromatic N) is 2. The molecule has 0 unspecified atom stereocenters. The summed E-state index contributed by atoms with van der Waals surface area (Å²) < 4.78 is 0. The molecule has 1 heterocycles. The molecule has 0 radical (unpaired) electrons. The summed E-state index contributed by atoms with van der Waals surface area (Å²) in [6, 6.07) is 26.1. The highest BCUT2D eigenvalue weighted by Crippen LogP contribution is 2.27. The minimum Gasteiger partial charge on any atom is -0.338 e. The lowest BCUT2D eigenvalue weighted by Gasteiger charge is -2.11. The van der Waals surface area contributed by atoms with E-state index in [9.17, 15) is 0 Å². The number of hydrogen-bond donors (Lipinski definition) is 1. The van der Waals surface area contributed by atoms with E-state index in [1.54, 1.807) is 0 Å². The predicted molar refractivity (Wildman–Crippen MR) is 104 cm³/mol. The molecule has 3 nitrogen and oxygen atoms in total. The van der Waals surface area contributed by atoms with Crippen molar-refractivity contribution in [2.24, 2.45) is 0 Å². The molecule has 0 atom stereocenters. The highest BCUT2D eigenvalue weighted by Gasteiger charge is 2.10. The second-order valence-electron chi connectivity index (χ2n) is 5.84. The number of halogens is 1. The van der Waals surface area contributed by atoms with Crippen LogP contribution in [0.5, 0.6) is 0 Å². The first kappa shape index (κ1) is 15.6. The van der Waals surface area contributed by atoms with Gasteiger partial charge in [0.25, 0.3) is 0 Å². The van der Waals surface area contributed by atoms with Gasteiger partial charge in [-0.15, -0.1) is 5.10 Å². The summed E-state index contributed by atoms with van der Waals surface area (Å²) in [4.78, 5) is 0. The molecule has 4 heteroatoms. The van der Waals surface area contributed by atoms with Gasteiger partial charge < -0.3 is 5.32 Å². The molecule has 0 spiro atoms. The van der Waals surface area contributed by atoms with E-state index in [1.165, 1.54) is 0 Å². The molecule has 0 amide bonds. The van der Waals surface area contributed by atoms with Crippen molar-refractivity contribution in [3.05, 3.63) is 95.1 Å². The van der Waals surface area contributed by atoms with Gasteiger partial charge in [0.15, 0.2) is 5.82 Å². The zero-order valence-electron chi connectivity index (χ0n) is 13.5. The molecular formula is C21H16ClN3. The first-order chi connectivity index (χ1) is 12.3. The summed E-state index contributed by atoms with van der Waals surface area (Å²) in [5.74, 6) is 0.765. The fourth-order valence-electron chi connectivity index (χ4n) is 2.84. The van der Waals surface area contributed by atoms with Gasteiger partial charge >= 0.3 is 0 Å². The fourth-order valence-corrected chi connectivity index (χ4v) is 2.96. The molecule has 4 aromatic rings. The molecular weight excluding hydrogens is 330 g/mol. The highest BCUT2D eigenvalue weighted by atomic mass is 35.5. The Kier molecular flexibility index (Phi) is 4.32. The summed E-state index contributed by atoms with van der Waals surface area (Å²) in [6.45, 7) is 0. The molecule has 0 bridgehead atoms. The van der Waals surface area contributed by atoms with E-state index in [0.29, 0.717) is 0 Å². The third-order valence-electron chi connectivity index (χ3n) is 4.09. The van der Waals surface area contributed by atoms with Gasteiger partial charge in [0, 0.05) is 27.9 Å². The number of nitrogens with one attached hydrogen (secondary N) is 1. The van der Waals surface area contributed by atoms with Crippen LogP contribution >= 0.6 is 11.6 Å². The molecule has 4 rings (SSSR count). The first-order valence-electron chi connectivity index (χ1n) is 8.10. The highest BCUT2D eigenvalue weighted by molar-refractivity contribution is 6.30. The maximum atomic E-state index is 5.97. The van der Waals surface area contributed by atoms with Gasteiger partial charge in [-0.2, -0.15) is 5.10 Å². The molecule has 0 fully saturated rings. The van der Waals surface area contributed by atoms with Gasteiger partial charge in [-0.05, 0) is 29.8 Å². The van der Waals surface area contributed by atoms with Crippen LogP contribution in [0.25, 0.3) is 10.8 Å². The van der Waals surface area contributed by atoms with Crippen LogP contribution in [0.4, 0.5) is 11.5 Å². The zero-order chi connectivity index (χ0) is 17.1. The third-order valence-corrected chi connectivity index (χ3v) is 4.34. The van der Waals surface area contributed by atoms with E-state index in [0.717, 1.165) is 45.0 Å². The van der Waals surface area contributed by atoms with Gasteiger partial charge in [-0.3, -0.25) is 0 Å². The Hall–Kier alpha value is -2.91. The largest absolute Gasteiger partial charge is 0.338 e. The van der Waals surface area contributed by atoms with Crippen molar-refractivity contribution in [1.82, 2.24) is 10.2 Å². The number of para-hydroxylation sites is 1. The quantitative estimate of drug-likeness (QED) is 0.521. The lowest BCUT2D eigenvalue weighted by atomic mass is 10.0. The van der Waals surface area contributed by atoms with Gasteiger partial charge in [0.05, 0.1) is 5.69 Å². The van der Waals surface area contributed by atoms with E-state index >= 15 is 0 Å². The Labute approximate surface area is 151 Å². The topological polar surface area (TPSA) is 37.8 Å². The van der Waals surface area contributed by atoms with Crippen molar-refractivity contribution in [2.45, 2.75) is 6.42 Å². The van der Waals surface area contributed by atoms with Crippen LogP contribution in [0.2, 0.25) is 5.02 Å². The molecule has 0 saturated carbocycles. The Morgan fingerprint density at radius 2 is 1.40 bits per heavy atom. The Morgan fingerprint density at radius 1 is 0.720 bits per heavy atom. The van der Waals surface area contributed by atoms with Crippen LogP contribution in [0.1, 0.15) is 11.3 Å². The molecule has 0 saturated heterocycles. The van der Waals surface area contributed by atoms with Gasteiger partial charge in [-0.25, -0.2) is 0 Å². The van der Waals surface area contributed by atoms with Crippen LogP contribution in [0.15, 0.2) is 78.9 Å². The first-order valence-corrected chi connectivity index (χ1v) is 8.48. The van der Waals surface area contributed by atoms with Gasteiger partial charge in [0.1, 0.15) is 0 Å². The zero-order valence-corrected chi connectivity index (χ0v) is 14.2. The van der Waals surface area contributed by atoms with Gasteiger partial charge in [-0.1, -0.05) is 66.2 Å². The number of fused-ring (bicyclic) bond motifs is 1.